The summed E-state index contributed by atoms with van der Waals surface area (Å²) in [5.74, 6) is 0.0537. The van der Waals surface area contributed by atoms with Gasteiger partial charge in [-0.3, -0.25) is 10.3 Å². The molecule has 0 unspecified atom stereocenters. The van der Waals surface area contributed by atoms with Crippen LogP contribution >= 0.6 is 22.9 Å². The molecule has 1 fully saturated rings. The van der Waals surface area contributed by atoms with E-state index in [9.17, 15) is 13.2 Å². The summed E-state index contributed by atoms with van der Waals surface area (Å²) in [6.07, 6.45) is 0.999. The summed E-state index contributed by atoms with van der Waals surface area (Å²) < 4.78 is 30.7. The van der Waals surface area contributed by atoms with Crippen molar-refractivity contribution in [2.45, 2.75) is 69.8 Å². The van der Waals surface area contributed by atoms with Gasteiger partial charge in [-0.25, -0.2) is 13.2 Å². The Bertz CT molecular complexity index is 910. The largest absolute Gasteiger partial charge is 0.444 e. The minimum atomic E-state index is -3.54. The summed E-state index contributed by atoms with van der Waals surface area (Å²) in [6, 6.07) is 1.81. The summed E-state index contributed by atoms with van der Waals surface area (Å²) in [5, 5.41) is 3.15. The highest BCUT2D eigenvalue weighted by Gasteiger charge is 2.59. The number of nitrogens with one attached hydrogen (secondary N) is 1. The van der Waals surface area contributed by atoms with E-state index in [1.165, 1.54) is 11.3 Å². The zero-order valence-corrected chi connectivity index (χ0v) is 18.6. The lowest BCUT2D eigenvalue weighted by Crippen LogP contribution is -2.63. The first-order valence-corrected chi connectivity index (χ1v) is 11.7. The van der Waals surface area contributed by atoms with E-state index in [0.717, 1.165) is 11.3 Å². The zero-order chi connectivity index (χ0) is 20.3. The summed E-state index contributed by atoms with van der Waals surface area (Å²) in [6.45, 7) is 8.93. The van der Waals surface area contributed by atoms with Gasteiger partial charge < -0.3 is 4.74 Å². The number of hydrogen-bond acceptors (Lipinski definition) is 6. The predicted octanol–water partition coefficient (Wildman–Crippen LogP) is 4.20. The first-order valence-electron chi connectivity index (χ1n) is 8.87. The molecule has 0 radical (unpaired) electrons. The lowest BCUT2D eigenvalue weighted by Gasteiger charge is -2.47. The summed E-state index contributed by atoms with van der Waals surface area (Å²) in [4.78, 5) is 18.8. The molecule has 2 aliphatic rings. The molecule has 1 aromatic heterocycles. The molecule has 1 spiro atoms. The van der Waals surface area contributed by atoms with Crippen LogP contribution in [0.4, 0.5) is 4.79 Å². The maximum absolute atomic E-state index is 13.3. The van der Waals surface area contributed by atoms with Crippen LogP contribution in [0.15, 0.2) is 11.1 Å². The SMILES string of the molecule is Cc1cc(Cl)c([C@]2(C)CS(=O)(=O)C3(CCC3)C(NC(=O)OC(C)(C)C)=N2)s1. The molecule has 6 nitrogen and oxygen atoms in total. The van der Waals surface area contributed by atoms with Gasteiger partial charge in [-0.2, -0.15) is 0 Å². The van der Waals surface area contributed by atoms with Gasteiger partial charge in [0.15, 0.2) is 9.84 Å². The normalized spacial score (nSPS) is 26.2. The number of amidine groups is 1. The van der Waals surface area contributed by atoms with E-state index < -0.39 is 31.8 Å². The van der Waals surface area contributed by atoms with E-state index in [1.54, 1.807) is 27.7 Å². The fourth-order valence-corrected chi connectivity index (χ4v) is 7.75. The second-order valence-corrected chi connectivity index (χ2v) is 12.5. The van der Waals surface area contributed by atoms with Crippen molar-refractivity contribution in [3.63, 3.8) is 0 Å². The standard InChI is InChI=1S/C18H25ClN2O4S2/c1-11-9-12(19)13(26-11)17(5)10-27(23,24)18(7-6-8-18)14(21-17)20-15(22)25-16(2,3)4/h9H,6-8,10H2,1-5H3,(H,20,21,22)/t17-/m0/s1. The molecule has 1 saturated carbocycles. The molecular formula is C18H25ClN2O4S2. The monoisotopic (exact) mass is 432 g/mol. The topological polar surface area (TPSA) is 84.8 Å². The minimum Gasteiger partial charge on any atom is -0.444 e. The Morgan fingerprint density at radius 1 is 1.37 bits per heavy atom. The first kappa shape index (κ1) is 20.6. The van der Waals surface area contributed by atoms with Crippen molar-refractivity contribution in [3.8, 4) is 0 Å². The first-order chi connectivity index (χ1) is 12.3. The Hall–Kier alpha value is -1.12. The average Bonchev–Trinajstić information content (AvgIpc) is 2.72. The highest BCUT2D eigenvalue weighted by atomic mass is 35.5. The number of aliphatic imine (C=N–C) groups is 1. The molecule has 0 saturated heterocycles. The third-order valence-electron chi connectivity index (χ3n) is 4.94. The quantitative estimate of drug-likeness (QED) is 0.720. The molecule has 0 aromatic carbocycles. The fraction of sp³-hybridized carbons (Fsp3) is 0.667. The van der Waals surface area contributed by atoms with Crippen molar-refractivity contribution in [1.29, 1.82) is 0 Å². The van der Waals surface area contributed by atoms with Crippen LogP contribution in [0.3, 0.4) is 0 Å². The van der Waals surface area contributed by atoms with Crippen LogP contribution in [0.5, 0.6) is 0 Å². The maximum atomic E-state index is 13.3. The van der Waals surface area contributed by atoms with Crippen LogP contribution < -0.4 is 5.32 Å². The van der Waals surface area contributed by atoms with E-state index in [4.69, 9.17) is 21.3 Å². The summed E-state index contributed by atoms with van der Waals surface area (Å²) in [5.41, 5.74) is -1.73. The molecule has 1 aliphatic heterocycles. The van der Waals surface area contributed by atoms with Crippen molar-refractivity contribution in [2.24, 2.45) is 4.99 Å². The maximum Gasteiger partial charge on any atom is 0.413 e. The number of ether oxygens (including phenoxy) is 1. The van der Waals surface area contributed by atoms with Crippen molar-refractivity contribution in [3.05, 3.63) is 20.8 Å². The van der Waals surface area contributed by atoms with Crippen molar-refractivity contribution in [2.75, 3.05) is 5.75 Å². The molecule has 9 heteroatoms. The number of carbonyl (C=O) groups is 1. The summed E-state index contributed by atoms with van der Waals surface area (Å²) in [7, 11) is -3.54. The van der Waals surface area contributed by atoms with Crippen molar-refractivity contribution >= 4 is 44.7 Å². The Kier molecular flexibility index (Phi) is 4.93. The van der Waals surface area contributed by atoms with Gasteiger partial charge in [0, 0.05) is 4.88 Å². The number of thiophene rings is 1. The van der Waals surface area contributed by atoms with Crippen molar-refractivity contribution < 1.29 is 17.9 Å². The predicted molar refractivity (Wildman–Crippen MR) is 109 cm³/mol. The number of hydrogen-bond donors (Lipinski definition) is 1. The molecule has 1 aromatic rings. The van der Waals surface area contributed by atoms with E-state index in [-0.39, 0.29) is 11.6 Å². The Labute approximate surface area is 169 Å². The number of nitrogens with zero attached hydrogens (tertiary/aromatic N) is 1. The second-order valence-electron chi connectivity index (χ2n) is 8.50. The van der Waals surface area contributed by atoms with Gasteiger partial charge in [-0.1, -0.05) is 11.6 Å². The van der Waals surface area contributed by atoms with E-state index in [1.807, 2.05) is 13.0 Å². The highest BCUT2D eigenvalue weighted by Crippen LogP contribution is 2.49. The van der Waals surface area contributed by atoms with Crippen LogP contribution in [0.2, 0.25) is 5.02 Å². The third-order valence-corrected chi connectivity index (χ3v) is 9.38. The van der Waals surface area contributed by atoms with Crippen LogP contribution in [-0.2, 0) is 20.1 Å². The number of halogens is 1. The van der Waals surface area contributed by atoms with Gasteiger partial charge in [-0.05, 0) is 59.9 Å². The minimum absolute atomic E-state index is 0.126. The number of rotatable bonds is 1. The molecule has 0 bridgehead atoms. The van der Waals surface area contributed by atoms with Gasteiger partial charge in [0.25, 0.3) is 0 Å². The summed E-state index contributed by atoms with van der Waals surface area (Å²) >= 11 is 7.78. The number of alkyl carbamates (subject to hydrolysis) is 1. The van der Waals surface area contributed by atoms with Crippen LogP contribution in [0.1, 0.15) is 56.7 Å². The molecule has 27 heavy (non-hydrogen) atoms. The van der Waals surface area contributed by atoms with Gasteiger partial charge in [-0.15, -0.1) is 11.3 Å². The Morgan fingerprint density at radius 2 is 2.00 bits per heavy atom. The van der Waals surface area contributed by atoms with Gasteiger partial charge in [0.1, 0.15) is 21.7 Å². The van der Waals surface area contributed by atoms with E-state index in [2.05, 4.69) is 5.32 Å². The van der Waals surface area contributed by atoms with E-state index >= 15 is 0 Å². The number of amides is 1. The molecular weight excluding hydrogens is 408 g/mol. The highest BCUT2D eigenvalue weighted by molar-refractivity contribution is 7.93. The molecule has 2 heterocycles. The lowest BCUT2D eigenvalue weighted by atomic mass is 9.82. The van der Waals surface area contributed by atoms with Crippen LogP contribution in [0, 0.1) is 6.92 Å². The van der Waals surface area contributed by atoms with Gasteiger partial charge >= 0.3 is 6.09 Å². The Balaban J connectivity index is 2.07. The lowest BCUT2D eigenvalue weighted by molar-refractivity contribution is 0.0559. The van der Waals surface area contributed by atoms with E-state index in [0.29, 0.717) is 22.7 Å². The third kappa shape index (κ3) is 3.63. The van der Waals surface area contributed by atoms with Gasteiger partial charge in [0.2, 0.25) is 0 Å². The number of carbonyl (C=O) groups excluding carboxylic acids is 1. The molecule has 1 aliphatic carbocycles. The average molecular weight is 433 g/mol. The fourth-order valence-electron chi connectivity index (χ4n) is 3.59. The number of sulfone groups is 1. The van der Waals surface area contributed by atoms with Crippen LogP contribution in [-0.4, -0.2) is 36.4 Å². The van der Waals surface area contributed by atoms with Gasteiger partial charge in [0.05, 0.1) is 15.7 Å². The molecule has 1 amide bonds. The molecule has 150 valence electrons. The number of aryl methyl sites for hydroxylation is 1. The van der Waals surface area contributed by atoms with Crippen molar-refractivity contribution in [1.82, 2.24) is 5.32 Å². The second kappa shape index (κ2) is 6.46. The smallest absolute Gasteiger partial charge is 0.413 e. The van der Waals surface area contributed by atoms with Crippen LogP contribution in [0.25, 0.3) is 0 Å². The molecule has 1 N–H and O–H groups in total. The molecule has 1 atom stereocenters. The Morgan fingerprint density at radius 3 is 2.44 bits per heavy atom. The zero-order valence-electron chi connectivity index (χ0n) is 16.2. The molecule has 3 rings (SSSR count).